The number of piperidine rings is 1. The number of benzene rings is 2. The molecule has 0 spiro atoms. The standard InChI is InChI=1S/C25H29N3O3/c1-18-8-10-19(11-9-18)15-28-17-21(14-24(28)30)25(31)26-22-6-4-5-20(13-22)16-27-12-3-2-7-23(27)29/h4-6,8-11,13,21H,2-3,7,12,14-17H2,1H3,(H,26,31). The van der Waals surface area contributed by atoms with Gasteiger partial charge in [-0.15, -0.1) is 0 Å². The summed E-state index contributed by atoms with van der Waals surface area (Å²) in [6.07, 6.45) is 2.86. The minimum Gasteiger partial charge on any atom is -0.338 e. The maximum absolute atomic E-state index is 12.8. The molecule has 3 amide bonds. The summed E-state index contributed by atoms with van der Waals surface area (Å²) < 4.78 is 0. The molecule has 2 aliphatic heterocycles. The second-order valence-corrected chi connectivity index (χ2v) is 8.62. The molecule has 2 fully saturated rings. The number of nitrogens with zero attached hydrogens (tertiary/aromatic N) is 2. The molecule has 31 heavy (non-hydrogen) atoms. The van der Waals surface area contributed by atoms with Crippen molar-refractivity contribution < 1.29 is 14.4 Å². The van der Waals surface area contributed by atoms with E-state index in [0.29, 0.717) is 31.7 Å². The third-order valence-corrected chi connectivity index (χ3v) is 6.07. The Balaban J connectivity index is 1.34. The number of amides is 3. The summed E-state index contributed by atoms with van der Waals surface area (Å²) in [5.74, 6) is -0.284. The lowest BCUT2D eigenvalue weighted by Crippen LogP contribution is -2.34. The molecule has 2 saturated heterocycles. The highest BCUT2D eigenvalue weighted by atomic mass is 16.2. The number of rotatable bonds is 6. The largest absolute Gasteiger partial charge is 0.338 e. The van der Waals surface area contributed by atoms with Gasteiger partial charge in [-0.05, 0) is 43.0 Å². The van der Waals surface area contributed by atoms with Crippen LogP contribution in [0.15, 0.2) is 48.5 Å². The number of anilines is 1. The molecule has 4 rings (SSSR count). The molecule has 1 N–H and O–H groups in total. The van der Waals surface area contributed by atoms with Gasteiger partial charge in [0.2, 0.25) is 17.7 Å². The summed E-state index contributed by atoms with van der Waals surface area (Å²) in [6.45, 7) is 4.35. The van der Waals surface area contributed by atoms with Crippen LogP contribution in [0.2, 0.25) is 0 Å². The molecule has 0 bridgehead atoms. The Bertz CT molecular complexity index is 970. The van der Waals surface area contributed by atoms with Gasteiger partial charge < -0.3 is 15.1 Å². The summed E-state index contributed by atoms with van der Waals surface area (Å²) in [6, 6.07) is 15.7. The minimum absolute atomic E-state index is 0.0121. The van der Waals surface area contributed by atoms with E-state index < -0.39 is 0 Å². The van der Waals surface area contributed by atoms with Crippen LogP contribution in [0.5, 0.6) is 0 Å². The van der Waals surface area contributed by atoms with Gasteiger partial charge in [0.25, 0.3) is 0 Å². The first-order valence-electron chi connectivity index (χ1n) is 11.0. The van der Waals surface area contributed by atoms with E-state index in [1.165, 1.54) is 5.56 Å². The number of hydrogen-bond donors (Lipinski definition) is 1. The molecule has 6 nitrogen and oxygen atoms in total. The third-order valence-electron chi connectivity index (χ3n) is 6.07. The predicted molar refractivity (Wildman–Crippen MR) is 119 cm³/mol. The smallest absolute Gasteiger partial charge is 0.229 e. The molecule has 162 valence electrons. The van der Waals surface area contributed by atoms with Crippen molar-refractivity contribution in [1.29, 1.82) is 0 Å². The van der Waals surface area contributed by atoms with Crippen molar-refractivity contribution in [2.75, 3.05) is 18.4 Å². The molecule has 6 heteroatoms. The fraction of sp³-hybridized carbons (Fsp3) is 0.400. The maximum atomic E-state index is 12.8. The first-order chi connectivity index (χ1) is 15.0. The average Bonchev–Trinajstić information content (AvgIpc) is 3.12. The Labute approximate surface area is 183 Å². The highest BCUT2D eigenvalue weighted by Gasteiger charge is 2.34. The van der Waals surface area contributed by atoms with E-state index in [1.807, 2.05) is 60.4 Å². The van der Waals surface area contributed by atoms with E-state index in [1.54, 1.807) is 4.90 Å². The number of aryl methyl sites for hydroxylation is 1. The second kappa shape index (κ2) is 9.33. The Hall–Kier alpha value is -3.15. The number of hydrogen-bond acceptors (Lipinski definition) is 3. The van der Waals surface area contributed by atoms with Gasteiger partial charge in [-0.25, -0.2) is 0 Å². The number of nitrogens with one attached hydrogen (secondary N) is 1. The highest BCUT2D eigenvalue weighted by molar-refractivity contribution is 5.97. The molecule has 0 aliphatic carbocycles. The van der Waals surface area contributed by atoms with Crippen molar-refractivity contribution in [3.8, 4) is 0 Å². The van der Waals surface area contributed by atoms with Crippen LogP contribution in [0.4, 0.5) is 5.69 Å². The molecule has 0 saturated carbocycles. The van der Waals surface area contributed by atoms with Crippen LogP contribution in [0.1, 0.15) is 42.4 Å². The van der Waals surface area contributed by atoms with Crippen LogP contribution in [0.25, 0.3) is 0 Å². The van der Waals surface area contributed by atoms with Gasteiger partial charge in [0, 0.05) is 44.7 Å². The SMILES string of the molecule is Cc1ccc(CN2CC(C(=O)Nc3cccc(CN4CCCCC4=O)c3)CC2=O)cc1. The fourth-order valence-electron chi connectivity index (χ4n) is 4.26. The van der Waals surface area contributed by atoms with Gasteiger partial charge in [-0.1, -0.05) is 42.0 Å². The molecular weight excluding hydrogens is 390 g/mol. The van der Waals surface area contributed by atoms with Gasteiger partial charge in [0.15, 0.2) is 0 Å². The van der Waals surface area contributed by atoms with Gasteiger partial charge >= 0.3 is 0 Å². The zero-order valence-corrected chi connectivity index (χ0v) is 18.0. The number of carbonyl (C=O) groups is 3. The van der Waals surface area contributed by atoms with Gasteiger partial charge in [-0.3, -0.25) is 14.4 Å². The van der Waals surface area contributed by atoms with E-state index in [4.69, 9.17) is 0 Å². The molecule has 2 aromatic carbocycles. The second-order valence-electron chi connectivity index (χ2n) is 8.62. The van der Waals surface area contributed by atoms with Crippen molar-refractivity contribution in [1.82, 2.24) is 9.80 Å². The summed E-state index contributed by atoms with van der Waals surface area (Å²) in [7, 11) is 0. The minimum atomic E-state index is -0.356. The summed E-state index contributed by atoms with van der Waals surface area (Å²) in [5.41, 5.74) is 3.95. The monoisotopic (exact) mass is 419 g/mol. The predicted octanol–water partition coefficient (Wildman–Crippen LogP) is 3.49. The van der Waals surface area contributed by atoms with E-state index in [9.17, 15) is 14.4 Å². The zero-order chi connectivity index (χ0) is 21.8. The Morgan fingerprint density at radius 1 is 0.968 bits per heavy atom. The molecule has 1 unspecified atom stereocenters. The van der Waals surface area contributed by atoms with Crippen LogP contribution in [0.3, 0.4) is 0 Å². The Morgan fingerprint density at radius 3 is 2.52 bits per heavy atom. The van der Waals surface area contributed by atoms with Gasteiger partial charge in [0.1, 0.15) is 0 Å². The number of likely N-dealkylation sites (tertiary alicyclic amines) is 2. The Morgan fingerprint density at radius 2 is 1.74 bits per heavy atom. The van der Waals surface area contributed by atoms with Gasteiger partial charge in [-0.2, -0.15) is 0 Å². The molecule has 2 aliphatic rings. The summed E-state index contributed by atoms with van der Waals surface area (Å²) >= 11 is 0. The average molecular weight is 420 g/mol. The van der Waals surface area contributed by atoms with E-state index in [2.05, 4.69) is 5.32 Å². The summed E-state index contributed by atoms with van der Waals surface area (Å²) in [5, 5.41) is 2.96. The quantitative estimate of drug-likeness (QED) is 0.779. The topological polar surface area (TPSA) is 69.7 Å². The van der Waals surface area contributed by atoms with Crippen LogP contribution in [0, 0.1) is 12.8 Å². The molecule has 2 aromatic rings. The van der Waals surface area contributed by atoms with E-state index >= 15 is 0 Å². The van der Waals surface area contributed by atoms with Crippen LogP contribution < -0.4 is 5.32 Å². The van der Waals surface area contributed by atoms with Crippen molar-refractivity contribution in [3.63, 3.8) is 0 Å². The highest BCUT2D eigenvalue weighted by Crippen LogP contribution is 2.23. The first-order valence-corrected chi connectivity index (χ1v) is 11.0. The van der Waals surface area contributed by atoms with Crippen LogP contribution in [-0.2, 0) is 27.5 Å². The molecule has 0 aromatic heterocycles. The van der Waals surface area contributed by atoms with Crippen molar-refractivity contribution in [3.05, 3.63) is 65.2 Å². The van der Waals surface area contributed by atoms with Crippen molar-refractivity contribution in [2.45, 2.75) is 45.7 Å². The van der Waals surface area contributed by atoms with E-state index in [0.717, 1.165) is 30.5 Å². The van der Waals surface area contributed by atoms with Crippen molar-refractivity contribution >= 4 is 23.4 Å². The lowest BCUT2D eigenvalue weighted by atomic mass is 10.1. The number of carbonyl (C=O) groups excluding carboxylic acids is 3. The lowest BCUT2D eigenvalue weighted by molar-refractivity contribution is -0.134. The molecular formula is C25H29N3O3. The zero-order valence-electron chi connectivity index (χ0n) is 18.0. The van der Waals surface area contributed by atoms with Crippen LogP contribution in [-0.4, -0.2) is 40.6 Å². The molecule has 1 atom stereocenters. The molecule has 2 heterocycles. The Kier molecular flexibility index (Phi) is 6.35. The van der Waals surface area contributed by atoms with E-state index in [-0.39, 0.29) is 30.1 Å². The normalized spacial score (nSPS) is 19.1. The van der Waals surface area contributed by atoms with Crippen molar-refractivity contribution in [2.24, 2.45) is 5.92 Å². The lowest BCUT2D eigenvalue weighted by Gasteiger charge is -2.27. The molecule has 0 radical (unpaired) electrons. The fourth-order valence-corrected chi connectivity index (χ4v) is 4.26. The van der Waals surface area contributed by atoms with Crippen LogP contribution >= 0.6 is 0 Å². The third kappa shape index (κ3) is 5.32. The van der Waals surface area contributed by atoms with Gasteiger partial charge in [0.05, 0.1) is 5.92 Å². The maximum Gasteiger partial charge on any atom is 0.229 e. The first kappa shape index (κ1) is 21.1. The summed E-state index contributed by atoms with van der Waals surface area (Å²) in [4.78, 5) is 40.9.